The van der Waals surface area contributed by atoms with Crippen LogP contribution in [0.25, 0.3) is 32.8 Å². The molecule has 10 heteroatoms. The van der Waals surface area contributed by atoms with E-state index in [2.05, 4.69) is 22.1 Å². The number of benzene rings is 1. The molecule has 1 saturated heterocycles. The molecule has 0 bridgehead atoms. The molecule has 3 aromatic heterocycles. The van der Waals surface area contributed by atoms with Crippen molar-refractivity contribution < 1.29 is 14.3 Å². The molecule has 1 aromatic carbocycles. The number of imidazole rings is 1. The lowest BCUT2D eigenvalue weighted by Crippen LogP contribution is -2.55. The average molecular weight is 507 g/mol. The summed E-state index contributed by atoms with van der Waals surface area (Å²) in [6.45, 7) is 1.26. The number of ether oxygens (including phenoxy) is 1. The van der Waals surface area contributed by atoms with Crippen LogP contribution in [0.5, 0.6) is 5.75 Å². The molecule has 0 radical (unpaired) electrons. The van der Waals surface area contributed by atoms with Crippen molar-refractivity contribution in [2.45, 2.75) is 44.3 Å². The average Bonchev–Trinajstić information content (AvgIpc) is 3.31. The van der Waals surface area contributed by atoms with E-state index in [9.17, 15) is 9.59 Å². The van der Waals surface area contributed by atoms with Crippen LogP contribution in [0.3, 0.4) is 0 Å². The number of primary amides is 1. The molecule has 0 spiro atoms. The summed E-state index contributed by atoms with van der Waals surface area (Å²) in [7, 11) is 3.56. The molecule has 2 atom stereocenters. The zero-order chi connectivity index (χ0) is 25.1. The van der Waals surface area contributed by atoms with E-state index in [-0.39, 0.29) is 18.5 Å². The van der Waals surface area contributed by atoms with E-state index >= 15 is 0 Å². The lowest BCUT2D eigenvalue weighted by molar-refractivity contribution is -0.123. The number of thiophene rings is 1. The molecule has 4 heterocycles. The second-order valence-electron chi connectivity index (χ2n) is 10.0. The summed E-state index contributed by atoms with van der Waals surface area (Å²) in [5, 5.41) is 3.34. The lowest BCUT2D eigenvalue weighted by Gasteiger charge is -2.36. The zero-order valence-corrected chi connectivity index (χ0v) is 21.3. The Kier molecular flexibility index (Phi) is 5.53. The normalized spacial score (nSPS) is 20.4. The molecule has 1 aliphatic carbocycles. The van der Waals surface area contributed by atoms with Crippen LogP contribution in [-0.2, 0) is 18.4 Å². The summed E-state index contributed by atoms with van der Waals surface area (Å²) in [5.41, 5.74) is 14.7. The summed E-state index contributed by atoms with van der Waals surface area (Å²) in [4.78, 5) is 33.4. The Hall–Kier alpha value is -3.37. The second-order valence-corrected chi connectivity index (χ2v) is 10.9. The van der Waals surface area contributed by atoms with Crippen LogP contribution in [0.2, 0.25) is 0 Å². The molecule has 4 N–H and O–H groups in total. The number of fused-ring (bicyclic) bond motifs is 2. The standard InChI is InChI=1S/C26H30N6O3S/c1-30-22-18(29-24(30)20-10-15-7-8-36-26(15)32(20)12-14-3-4-14)9-16(11-21(22)35-2)25(34)31-13-17(27)5-6-19(31)23(28)33/h7-11,14,17,19H,3-6,12-13,27H2,1-2H3,(H2,28,33)/t17?,19-/m1/s1. The number of rotatable bonds is 6. The monoisotopic (exact) mass is 506 g/mol. The van der Waals surface area contributed by atoms with Gasteiger partial charge in [-0.3, -0.25) is 9.59 Å². The first-order valence-electron chi connectivity index (χ1n) is 12.3. The molecule has 4 aromatic rings. The molecular weight excluding hydrogens is 476 g/mol. The maximum atomic E-state index is 13.6. The van der Waals surface area contributed by atoms with Gasteiger partial charge in [0.2, 0.25) is 5.91 Å². The van der Waals surface area contributed by atoms with E-state index in [1.807, 2.05) is 11.6 Å². The van der Waals surface area contributed by atoms with Gasteiger partial charge in [0, 0.05) is 37.1 Å². The second kappa shape index (κ2) is 8.63. The molecule has 6 rings (SSSR count). The first kappa shape index (κ1) is 23.1. The van der Waals surface area contributed by atoms with Gasteiger partial charge in [-0.15, -0.1) is 11.3 Å². The van der Waals surface area contributed by atoms with Crippen LogP contribution in [0.1, 0.15) is 36.0 Å². The topological polar surface area (TPSA) is 121 Å². The largest absolute Gasteiger partial charge is 0.494 e. The van der Waals surface area contributed by atoms with Crippen molar-refractivity contribution in [3.63, 3.8) is 0 Å². The highest BCUT2D eigenvalue weighted by Gasteiger charge is 2.35. The Bertz CT molecular complexity index is 1500. The minimum Gasteiger partial charge on any atom is -0.494 e. The van der Waals surface area contributed by atoms with E-state index in [0.717, 1.165) is 23.6 Å². The fourth-order valence-electron chi connectivity index (χ4n) is 5.40. The van der Waals surface area contributed by atoms with Crippen molar-refractivity contribution in [2.24, 2.45) is 24.4 Å². The maximum Gasteiger partial charge on any atom is 0.254 e. The Balaban J connectivity index is 1.45. The van der Waals surface area contributed by atoms with Crippen LogP contribution in [0.4, 0.5) is 0 Å². The summed E-state index contributed by atoms with van der Waals surface area (Å²) in [6.07, 6.45) is 3.64. The summed E-state index contributed by atoms with van der Waals surface area (Å²) >= 11 is 1.75. The van der Waals surface area contributed by atoms with Gasteiger partial charge in [0.25, 0.3) is 5.91 Å². The van der Waals surface area contributed by atoms with Crippen molar-refractivity contribution in [1.29, 1.82) is 0 Å². The molecule has 2 amide bonds. The molecule has 1 aliphatic heterocycles. The predicted octanol–water partition coefficient (Wildman–Crippen LogP) is 3.09. The summed E-state index contributed by atoms with van der Waals surface area (Å²) in [5.74, 6) is 1.28. The predicted molar refractivity (Wildman–Crippen MR) is 140 cm³/mol. The Morgan fingerprint density at radius 3 is 2.72 bits per heavy atom. The third kappa shape index (κ3) is 3.75. The number of nitrogens with two attached hydrogens (primary N) is 2. The van der Waals surface area contributed by atoms with Crippen molar-refractivity contribution >= 4 is 44.4 Å². The van der Waals surface area contributed by atoms with Gasteiger partial charge in [-0.1, -0.05) is 0 Å². The van der Waals surface area contributed by atoms with Crippen molar-refractivity contribution in [1.82, 2.24) is 19.0 Å². The number of nitrogens with zero attached hydrogens (tertiary/aromatic N) is 4. The number of methoxy groups -OCH3 is 1. The molecular formula is C26H30N6O3S. The highest BCUT2D eigenvalue weighted by molar-refractivity contribution is 7.16. The molecule has 1 unspecified atom stereocenters. The van der Waals surface area contributed by atoms with Gasteiger partial charge >= 0.3 is 0 Å². The van der Waals surface area contributed by atoms with Crippen molar-refractivity contribution in [2.75, 3.05) is 13.7 Å². The molecule has 9 nitrogen and oxygen atoms in total. The summed E-state index contributed by atoms with van der Waals surface area (Å²) in [6, 6.07) is 6.97. The Morgan fingerprint density at radius 1 is 1.19 bits per heavy atom. The van der Waals surface area contributed by atoms with Crippen LogP contribution in [0, 0.1) is 5.92 Å². The Morgan fingerprint density at radius 2 is 2.00 bits per heavy atom. The van der Waals surface area contributed by atoms with Gasteiger partial charge in [-0.2, -0.15) is 0 Å². The van der Waals surface area contributed by atoms with E-state index in [4.69, 9.17) is 21.2 Å². The third-order valence-corrected chi connectivity index (χ3v) is 8.43. The number of carbonyl (C=O) groups is 2. The van der Waals surface area contributed by atoms with E-state index in [1.54, 1.807) is 30.6 Å². The van der Waals surface area contributed by atoms with E-state index < -0.39 is 11.9 Å². The molecule has 1 saturated carbocycles. The quantitative estimate of drug-likeness (QED) is 0.416. The van der Waals surface area contributed by atoms with Gasteiger partial charge in [0.05, 0.1) is 18.3 Å². The van der Waals surface area contributed by atoms with E-state index in [0.29, 0.717) is 35.6 Å². The summed E-state index contributed by atoms with van der Waals surface area (Å²) < 4.78 is 10.1. The fraction of sp³-hybridized carbons (Fsp3) is 0.423. The maximum absolute atomic E-state index is 13.6. The number of aromatic nitrogens is 3. The zero-order valence-electron chi connectivity index (χ0n) is 20.4. The SMILES string of the molecule is COc1cc(C(=O)N2CC(N)CC[C@@H]2C(N)=O)cc2nc(-c3cc4ccsc4n3CC3CC3)n(C)c12. The number of likely N-dealkylation sites (tertiary alicyclic amines) is 1. The lowest BCUT2D eigenvalue weighted by atomic mass is 9.97. The molecule has 36 heavy (non-hydrogen) atoms. The first-order chi connectivity index (χ1) is 17.4. The molecule has 2 aliphatic rings. The van der Waals surface area contributed by atoms with Crippen LogP contribution in [-0.4, -0.2) is 56.6 Å². The van der Waals surface area contributed by atoms with Gasteiger partial charge in [-0.25, -0.2) is 4.98 Å². The van der Waals surface area contributed by atoms with Gasteiger partial charge in [0.15, 0.2) is 5.82 Å². The first-order valence-corrected chi connectivity index (χ1v) is 13.2. The number of piperidine rings is 1. The Labute approximate surface area is 212 Å². The minimum atomic E-state index is -0.670. The van der Waals surface area contributed by atoms with Gasteiger partial charge in [0.1, 0.15) is 22.1 Å². The van der Waals surface area contributed by atoms with Crippen LogP contribution >= 0.6 is 11.3 Å². The highest BCUT2D eigenvalue weighted by Crippen LogP contribution is 2.39. The number of amides is 2. The van der Waals surface area contributed by atoms with Gasteiger partial charge < -0.3 is 30.2 Å². The molecule has 188 valence electrons. The fourth-order valence-corrected chi connectivity index (χ4v) is 6.31. The minimum absolute atomic E-state index is 0.190. The number of hydrogen-bond acceptors (Lipinski definition) is 6. The highest BCUT2D eigenvalue weighted by atomic mass is 32.1. The van der Waals surface area contributed by atoms with Crippen LogP contribution in [0.15, 0.2) is 29.6 Å². The smallest absolute Gasteiger partial charge is 0.254 e. The van der Waals surface area contributed by atoms with Gasteiger partial charge in [-0.05, 0) is 61.2 Å². The third-order valence-electron chi connectivity index (χ3n) is 7.48. The molecule has 2 fully saturated rings. The number of hydrogen-bond donors (Lipinski definition) is 2. The van der Waals surface area contributed by atoms with Crippen molar-refractivity contribution in [3.8, 4) is 17.3 Å². The number of aryl methyl sites for hydroxylation is 1. The van der Waals surface area contributed by atoms with Crippen LogP contribution < -0.4 is 16.2 Å². The number of carbonyl (C=O) groups excluding carboxylic acids is 2. The van der Waals surface area contributed by atoms with E-state index in [1.165, 1.54) is 28.0 Å². The van der Waals surface area contributed by atoms with Crippen molar-refractivity contribution in [3.05, 3.63) is 35.2 Å².